The first-order valence-electron chi connectivity index (χ1n) is 5.84. The largest absolute Gasteiger partial charge is 0.417 e. The first-order chi connectivity index (χ1) is 7.83. The van der Waals surface area contributed by atoms with E-state index in [1.165, 1.54) is 0 Å². The van der Waals surface area contributed by atoms with Crippen LogP contribution in [0.1, 0.15) is 40.0 Å². The van der Waals surface area contributed by atoms with E-state index in [2.05, 4.69) is 5.32 Å². The SMILES string of the molecule is CC.CCC(=O)NC12COC(C(F)(F)F)(C1)C2. The van der Waals surface area contributed by atoms with Gasteiger partial charge in [0.15, 0.2) is 5.60 Å². The van der Waals surface area contributed by atoms with E-state index in [-0.39, 0.29) is 31.8 Å². The molecule has 100 valence electrons. The topological polar surface area (TPSA) is 38.3 Å². The fraction of sp³-hybridized carbons (Fsp3) is 0.909. The number of nitrogens with one attached hydrogen (secondary N) is 1. The summed E-state index contributed by atoms with van der Waals surface area (Å²) in [5.74, 6) is -0.226. The molecule has 1 saturated carbocycles. The number of alkyl halides is 3. The van der Waals surface area contributed by atoms with Gasteiger partial charge in [0.25, 0.3) is 0 Å². The highest BCUT2D eigenvalue weighted by Gasteiger charge is 2.74. The summed E-state index contributed by atoms with van der Waals surface area (Å²) < 4.78 is 42.4. The third-order valence-electron chi connectivity index (χ3n) is 3.11. The summed E-state index contributed by atoms with van der Waals surface area (Å²) >= 11 is 0. The molecule has 0 atom stereocenters. The van der Waals surface area contributed by atoms with Gasteiger partial charge in [-0.2, -0.15) is 13.2 Å². The monoisotopic (exact) mass is 253 g/mol. The van der Waals surface area contributed by atoms with Crippen molar-refractivity contribution >= 4 is 5.91 Å². The molecular formula is C11H18F3NO2. The highest BCUT2D eigenvalue weighted by molar-refractivity contribution is 5.76. The van der Waals surface area contributed by atoms with Crippen molar-refractivity contribution in [2.24, 2.45) is 0 Å². The molecule has 6 heteroatoms. The van der Waals surface area contributed by atoms with Crippen LogP contribution in [0, 0.1) is 0 Å². The second-order valence-corrected chi connectivity index (χ2v) is 4.32. The molecule has 3 aliphatic rings. The van der Waals surface area contributed by atoms with Crippen LogP contribution in [0.3, 0.4) is 0 Å². The number of halogens is 3. The molecule has 17 heavy (non-hydrogen) atoms. The molecule has 2 saturated heterocycles. The Bertz CT molecular complexity index is 296. The maximum atomic E-state index is 12.5. The molecular weight excluding hydrogens is 235 g/mol. The summed E-state index contributed by atoms with van der Waals surface area (Å²) in [4.78, 5) is 11.1. The Morgan fingerprint density at radius 1 is 1.35 bits per heavy atom. The van der Waals surface area contributed by atoms with Crippen LogP contribution in [0.5, 0.6) is 0 Å². The molecule has 0 aromatic heterocycles. The maximum Gasteiger partial charge on any atom is 0.417 e. The molecule has 2 aliphatic heterocycles. The van der Waals surface area contributed by atoms with E-state index in [9.17, 15) is 18.0 Å². The Kier molecular flexibility index (Phi) is 3.76. The van der Waals surface area contributed by atoms with Gasteiger partial charge in [0.2, 0.25) is 5.91 Å². The minimum atomic E-state index is -4.33. The van der Waals surface area contributed by atoms with E-state index in [0.29, 0.717) is 0 Å². The Morgan fingerprint density at radius 2 is 1.88 bits per heavy atom. The zero-order chi connectivity index (χ0) is 13.3. The molecule has 0 spiro atoms. The Morgan fingerprint density at radius 3 is 2.24 bits per heavy atom. The van der Waals surface area contributed by atoms with Crippen LogP contribution < -0.4 is 5.32 Å². The van der Waals surface area contributed by atoms with Crippen LogP contribution >= 0.6 is 0 Å². The van der Waals surface area contributed by atoms with Gasteiger partial charge < -0.3 is 10.1 Å². The average molecular weight is 253 g/mol. The lowest BCUT2D eigenvalue weighted by molar-refractivity contribution is -0.273. The van der Waals surface area contributed by atoms with Crippen LogP contribution in [-0.4, -0.2) is 29.8 Å². The van der Waals surface area contributed by atoms with E-state index < -0.39 is 17.3 Å². The van der Waals surface area contributed by atoms with Gasteiger partial charge in [-0.15, -0.1) is 0 Å². The summed E-state index contributed by atoms with van der Waals surface area (Å²) in [6.07, 6.45) is -4.34. The van der Waals surface area contributed by atoms with Crippen molar-refractivity contribution in [3.63, 3.8) is 0 Å². The van der Waals surface area contributed by atoms with E-state index >= 15 is 0 Å². The van der Waals surface area contributed by atoms with E-state index in [4.69, 9.17) is 4.74 Å². The summed E-state index contributed by atoms with van der Waals surface area (Å²) in [6.45, 7) is 5.63. The molecule has 2 heterocycles. The second kappa shape index (κ2) is 4.48. The number of hydrogen-bond acceptors (Lipinski definition) is 2. The van der Waals surface area contributed by atoms with Gasteiger partial charge in [-0.05, 0) is 0 Å². The van der Waals surface area contributed by atoms with Crippen molar-refractivity contribution in [2.45, 2.75) is 57.3 Å². The Hall–Kier alpha value is -0.780. The van der Waals surface area contributed by atoms with Crippen molar-refractivity contribution in [3.8, 4) is 0 Å². The minimum Gasteiger partial charge on any atom is -0.363 e. The average Bonchev–Trinajstić information content (AvgIpc) is 2.75. The lowest BCUT2D eigenvalue weighted by atomic mass is 9.68. The lowest BCUT2D eigenvalue weighted by Gasteiger charge is -2.45. The van der Waals surface area contributed by atoms with Crippen LogP contribution in [-0.2, 0) is 9.53 Å². The number of carbonyl (C=O) groups excluding carboxylic acids is 1. The fourth-order valence-electron chi connectivity index (χ4n) is 2.31. The molecule has 2 bridgehead atoms. The summed E-state index contributed by atoms with van der Waals surface area (Å²) in [5.41, 5.74) is -2.75. The normalized spacial score (nSPS) is 34.5. The minimum absolute atomic E-state index is 0.0295. The smallest absolute Gasteiger partial charge is 0.363 e. The Labute approximate surface area is 98.7 Å². The predicted octanol–water partition coefficient (Wildman–Crippen LogP) is 2.40. The summed E-state index contributed by atoms with van der Waals surface area (Å²) in [7, 11) is 0. The molecule has 0 unspecified atom stereocenters. The van der Waals surface area contributed by atoms with Crippen molar-refractivity contribution in [3.05, 3.63) is 0 Å². The molecule has 0 aromatic carbocycles. The number of carbonyl (C=O) groups is 1. The molecule has 1 aliphatic carbocycles. The van der Waals surface area contributed by atoms with E-state index in [1.54, 1.807) is 6.92 Å². The van der Waals surface area contributed by atoms with Crippen LogP contribution in [0.25, 0.3) is 0 Å². The molecule has 1 N–H and O–H groups in total. The van der Waals surface area contributed by atoms with Crippen molar-refractivity contribution in [1.82, 2.24) is 5.32 Å². The highest BCUT2D eigenvalue weighted by Crippen LogP contribution is 2.58. The van der Waals surface area contributed by atoms with Gasteiger partial charge in [-0.1, -0.05) is 20.8 Å². The van der Waals surface area contributed by atoms with Gasteiger partial charge in [0.05, 0.1) is 12.1 Å². The van der Waals surface area contributed by atoms with Gasteiger partial charge in [-0.3, -0.25) is 4.79 Å². The first kappa shape index (κ1) is 14.3. The number of fused-ring (bicyclic) bond motifs is 1. The zero-order valence-electron chi connectivity index (χ0n) is 10.3. The van der Waals surface area contributed by atoms with E-state index in [0.717, 1.165) is 0 Å². The zero-order valence-corrected chi connectivity index (χ0v) is 10.3. The van der Waals surface area contributed by atoms with Gasteiger partial charge in [-0.25, -0.2) is 0 Å². The maximum absolute atomic E-state index is 12.5. The summed E-state index contributed by atoms with van der Waals surface area (Å²) in [5, 5.41) is 2.60. The van der Waals surface area contributed by atoms with Gasteiger partial charge >= 0.3 is 6.18 Å². The van der Waals surface area contributed by atoms with Gasteiger partial charge in [0.1, 0.15) is 0 Å². The first-order valence-corrected chi connectivity index (χ1v) is 5.84. The standard InChI is InChI=1S/C9H12F3NO2.C2H6/c1-2-6(14)13-7-3-8(4-7,15-5-7)9(10,11)12;1-2/h2-5H2,1H3,(H,13,14);1-2H3. The molecule has 3 rings (SSSR count). The summed E-state index contributed by atoms with van der Waals surface area (Å²) in [6, 6.07) is 0. The molecule has 3 nitrogen and oxygen atoms in total. The number of hydrogen-bond donors (Lipinski definition) is 1. The third kappa shape index (κ3) is 2.27. The van der Waals surface area contributed by atoms with Crippen molar-refractivity contribution in [2.75, 3.05) is 6.61 Å². The molecule has 1 amide bonds. The quantitative estimate of drug-likeness (QED) is 0.820. The lowest BCUT2D eigenvalue weighted by Crippen LogP contribution is -2.64. The second-order valence-electron chi connectivity index (χ2n) is 4.32. The molecule has 0 aromatic rings. The van der Waals surface area contributed by atoms with Gasteiger partial charge in [0, 0.05) is 19.3 Å². The number of ether oxygens (including phenoxy) is 1. The Balaban J connectivity index is 0.000000686. The van der Waals surface area contributed by atoms with Crippen LogP contribution in [0.2, 0.25) is 0 Å². The van der Waals surface area contributed by atoms with Crippen LogP contribution in [0.15, 0.2) is 0 Å². The van der Waals surface area contributed by atoms with Crippen LogP contribution in [0.4, 0.5) is 13.2 Å². The van der Waals surface area contributed by atoms with E-state index in [1.807, 2.05) is 13.8 Å². The number of rotatable bonds is 2. The molecule has 0 radical (unpaired) electrons. The molecule has 3 fully saturated rings. The van der Waals surface area contributed by atoms with Crippen molar-refractivity contribution in [1.29, 1.82) is 0 Å². The predicted molar refractivity (Wildman–Crippen MR) is 56.5 cm³/mol. The number of amides is 1. The van der Waals surface area contributed by atoms with Crippen molar-refractivity contribution < 1.29 is 22.7 Å². The third-order valence-corrected chi connectivity index (χ3v) is 3.11. The fourth-order valence-corrected chi connectivity index (χ4v) is 2.31. The highest BCUT2D eigenvalue weighted by atomic mass is 19.4.